The Morgan fingerprint density at radius 2 is 1.76 bits per heavy atom. The maximum Gasteiger partial charge on any atom is 0.324 e. The molecule has 2 aromatic carbocycles. The third kappa shape index (κ3) is 5.55. The zero-order valence-electron chi connectivity index (χ0n) is 13.5. The van der Waals surface area contributed by atoms with Crippen molar-refractivity contribution in [3.8, 4) is 5.75 Å². The number of hydrogen-bond acceptors (Lipinski definition) is 5. The first-order valence-corrected chi connectivity index (χ1v) is 9.82. The molecule has 0 amide bonds. The summed E-state index contributed by atoms with van der Waals surface area (Å²) in [6.07, 6.45) is 0.106. The molecule has 0 aromatic heterocycles. The van der Waals surface area contributed by atoms with E-state index in [1.165, 1.54) is 24.3 Å². The van der Waals surface area contributed by atoms with Gasteiger partial charge in [0.1, 0.15) is 11.8 Å². The van der Waals surface area contributed by atoms with Crippen molar-refractivity contribution in [3.63, 3.8) is 0 Å². The molecule has 0 aliphatic carbocycles. The number of nitrogens with one attached hydrogen (secondary N) is 1. The van der Waals surface area contributed by atoms with E-state index >= 15 is 0 Å². The number of ether oxygens (including phenoxy) is 1. The van der Waals surface area contributed by atoms with Crippen LogP contribution in [-0.4, -0.2) is 32.1 Å². The fourth-order valence-corrected chi connectivity index (χ4v) is 3.60. The average Bonchev–Trinajstić information content (AvgIpc) is 2.56. The minimum absolute atomic E-state index is 0.0516. The Labute approximate surface area is 155 Å². The van der Waals surface area contributed by atoms with Gasteiger partial charge in [-0.2, -0.15) is 4.72 Å². The van der Waals surface area contributed by atoms with Crippen LogP contribution < -0.4 is 4.72 Å². The van der Waals surface area contributed by atoms with Gasteiger partial charge in [-0.15, -0.1) is 0 Å². The number of phenols is 1. The minimum Gasteiger partial charge on any atom is -0.508 e. The lowest BCUT2D eigenvalue weighted by molar-refractivity contribution is -0.145. The molecule has 8 heteroatoms. The molecule has 0 heterocycles. The molecule has 0 saturated heterocycles. The fourth-order valence-electron chi connectivity index (χ4n) is 2.15. The van der Waals surface area contributed by atoms with Gasteiger partial charge < -0.3 is 9.84 Å². The highest BCUT2D eigenvalue weighted by atomic mass is 79.9. The van der Waals surface area contributed by atoms with Crippen LogP contribution >= 0.6 is 15.9 Å². The molecule has 0 spiro atoms. The van der Waals surface area contributed by atoms with Crippen molar-refractivity contribution in [3.05, 3.63) is 58.6 Å². The van der Waals surface area contributed by atoms with Gasteiger partial charge in [0.15, 0.2) is 0 Å². The molecule has 25 heavy (non-hydrogen) atoms. The number of carbonyl (C=O) groups excluding carboxylic acids is 1. The van der Waals surface area contributed by atoms with Gasteiger partial charge in [0.2, 0.25) is 10.0 Å². The first-order valence-electron chi connectivity index (χ1n) is 7.54. The van der Waals surface area contributed by atoms with Gasteiger partial charge in [0.25, 0.3) is 0 Å². The van der Waals surface area contributed by atoms with E-state index in [1.807, 2.05) is 0 Å². The third-order valence-electron chi connectivity index (χ3n) is 3.37. The molecule has 0 unspecified atom stereocenters. The van der Waals surface area contributed by atoms with E-state index in [0.29, 0.717) is 5.56 Å². The van der Waals surface area contributed by atoms with Crippen LogP contribution in [0.2, 0.25) is 0 Å². The van der Waals surface area contributed by atoms with E-state index in [2.05, 4.69) is 20.7 Å². The number of sulfonamides is 1. The Hall–Kier alpha value is -1.90. The maximum absolute atomic E-state index is 12.5. The van der Waals surface area contributed by atoms with Crippen LogP contribution in [-0.2, 0) is 26.0 Å². The number of halogens is 1. The molecule has 0 aliphatic rings. The largest absolute Gasteiger partial charge is 0.508 e. The van der Waals surface area contributed by atoms with E-state index in [9.17, 15) is 18.3 Å². The van der Waals surface area contributed by atoms with E-state index in [1.54, 1.807) is 31.2 Å². The van der Waals surface area contributed by atoms with Gasteiger partial charge in [-0.05, 0) is 55.3 Å². The smallest absolute Gasteiger partial charge is 0.324 e. The molecule has 0 radical (unpaired) electrons. The van der Waals surface area contributed by atoms with Gasteiger partial charge in [-0.25, -0.2) is 8.42 Å². The Morgan fingerprint density at radius 3 is 2.32 bits per heavy atom. The number of carbonyl (C=O) groups is 1. The summed E-state index contributed by atoms with van der Waals surface area (Å²) in [5, 5.41) is 9.33. The van der Waals surface area contributed by atoms with Crippen molar-refractivity contribution in [1.29, 1.82) is 0 Å². The van der Waals surface area contributed by atoms with Crippen LogP contribution in [0.4, 0.5) is 0 Å². The standard InChI is InChI=1S/C17H18BrNO5S/c1-2-24-17(21)16(11-12-3-7-14(20)8-4-12)19-25(22,23)15-9-5-13(18)6-10-15/h3-10,16,19-20H,2,11H2,1H3/t16-/m0/s1. The fraction of sp³-hybridized carbons (Fsp3) is 0.235. The van der Waals surface area contributed by atoms with Gasteiger partial charge in [-0.1, -0.05) is 28.1 Å². The molecule has 2 rings (SSSR count). The predicted octanol–water partition coefficient (Wildman–Crippen LogP) is 2.61. The molecule has 1 atom stereocenters. The SMILES string of the molecule is CCOC(=O)[C@H](Cc1ccc(O)cc1)NS(=O)(=O)c1ccc(Br)cc1. The maximum atomic E-state index is 12.5. The van der Waals surface area contributed by atoms with Crippen molar-refractivity contribution in [2.45, 2.75) is 24.3 Å². The van der Waals surface area contributed by atoms with Crippen LogP contribution in [0.3, 0.4) is 0 Å². The molecular formula is C17H18BrNO5S. The summed E-state index contributed by atoms with van der Waals surface area (Å²) in [6, 6.07) is 11.2. The summed E-state index contributed by atoms with van der Waals surface area (Å²) >= 11 is 3.25. The summed E-state index contributed by atoms with van der Waals surface area (Å²) in [5.41, 5.74) is 0.689. The molecule has 0 aliphatic heterocycles. The quantitative estimate of drug-likeness (QED) is 0.662. The first-order chi connectivity index (χ1) is 11.8. The second-order valence-corrected chi connectivity index (χ2v) is 7.88. The van der Waals surface area contributed by atoms with E-state index in [0.717, 1.165) is 4.47 Å². The molecule has 0 bridgehead atoms. The highest BCUT2D eigenvalue weighted by molar-refractivity contribution is 9.10. The lowest BCUT2D eigenvalue weighted by Gasteiger charge is -2.17. The van der Waals surface area contributed by atoms with Gasteiger partial charge in [-0.3, -0.25) is 4.79 Å². The second kappa shape index (κ2) is 8.46. The number of esters is 1. The molecular weight excluding hydrogens is 410 g/mol. The van der Waals surface area contributed by atoms with Crippen LogP contribution in [0, 0.1) is 0 Å². The van der Waals surface area contributed by atoms with Crippen LogP contribution in [0.25, 0.3) is 0 Å². The topological polar surface area (TPSA) is 92.7 Å². The highest BCUT2D eigenvalue weighted by Gasteiger charge is 2.27. The van der Waals surface area contributed by atoms with Crippen LogP contribution in [0.1, 0.15) is 12.5 Å². The Bertz CT molecular complexity index is 819. The summed E-state index contributed by atoms with van der Waals surface area (Å²) in [6.45, 7) is 1.80. The van der Waals surface area contributed by atoms with E-state index < -0.39 is 22.0 Å². The lowest BCUT2D eigenvalue weighted by atomic mass is 10.1. The number of benzene rings is 2. The second-order valence-electron chi connectivity index (χ2n) is 5.25. The van der Waals surface area contributed by atoms with E-state index in [-0.39, 0.29) is 23.7 Å². The normalized spacial score (nSPS) is 12.6. The summed E-state index contributed by atoms with van der Waals surface area (Å²) in [4.78, 5) is 12.2. The Balaban J connectivity index is 2.24. The highest BCUT2D eigenvalue weighted by Crippen LogP contribution is 2.17. The molecule has 2 aromatic rings. The number of hydrogen-bond donors (Lipinski definition) is 2. The Morgan fingerprint density at radius 1 is 1.16 bits per heavy atom. The first kappa shape index (κ1) is 19.4. The van der Waals surface area contributed by atoms with Crippen LogP contribution in [0.5, 0.6) is 5.75 Å². The predicted molar refractivity (Wildman–Crippen MR) is 96.7 cm³/mol. The molecule has 6 nitrogen and oxygen atoms in total. The number of rotatable bonds is 7. The van der Waals surface area contributed by atoms with E-state index in [4.69, 9.17) is 4.74 Å². The summed E-state index contributed by atoms with van der Waals surface area (Å²) in [7, 11) is -3.89. The van der Waals surface area contributed by atoms with Gasteiger partial charge in [0.05, 0.1) is 11.5 Å². The molecule has 134 valence electrons. The molecule has 0 fully saturated rings. The molecule has 0 saturated carbocycles. The van der Waals surface area contributed by atoms with Crippen molar-refractivity contribution >= 4 is 31.9 Å². The summed E-state index contributed by atoms with van der Waals surface area (Å²) in [5.74, 6) is -0.567. The number of phenolic OH excluding ortho intramolecular Hbond substituents is 1. The van der Waals surface area contributed by atoms with Crippen LogP contribution in [0.15, 0.2) is 57.9 Å². The third-order valence-corrected chi connectivity index (χ3v) is 5.38. The monoisotopic (exact) mass is 427 g/mol. The van der Waals surface area contributed by atoms with Gasteiger partial charge in [0, 0.05) is 4.47 Å². The lowest BCUT2D eigenvalue weighted by Crippen LogP contribution is -2.43. The summed E-state index contributed by atoms with van der Waals surface area (Å²) < 4.78 is 33.2. The van der Waals surface area contributed by atoms with Crippen molar-refractivity contribution < 1.29 is 23.1 Å². The van der Waals surface area contributed by atoms with Crippen molar-refractivity contribution in [1.82, 2.24) is 4.72 Å². The van der Waals surface area contributed by atoms with Crippen molar-refractivity contribution in [2.75, 3.05) is 6.61 Å². The Kier molecular flexibility index (Phi) is 6.57. The zero-order valence-corrected chi connectivity index (χ0v) is 15.9. The minimum atomic E-state index is -3.89. The average molecular weight is 428 g/mol. The number of aromatic hydroxyl groups is 1. The van der Waals surface area contributed by atoms with Crippen molar-refractivity contribution in [2.24, 2.45) is 0 Å². The molecule has 2 N–H and O–H groups in total. The zero-order chi connectivity index (χ0) is 18.4. The van der Waals surface area contributed by atoms with Gasteiger partial charge >= 0.3 is 5.97 Å².